The molecule has 4 nitrogen and oxygen atoms in total. The molecule has 0 N–H and O–H groups in total. The Labute approximate surface area is 125 Å². The minimum atomic E-state index is -0.803. The Balaban J connectivity index is 1.79. The summed E-state index contributed by atoms with van der Waals surface area (Å²) >= 11 is 0. The fourth-order valence-corrected chi connectivity index (χ4v) is 2.39. The van der Waals surface area contributed by atoms with Crippen molar-refractivity contribution in [1.29, 1.82) is 0 Å². The van der Waals surface area contributed by atoms with E-state index in [1.54, 1.807) is 18.2 Å². The summed E-state index contributed by atoms with van der Waals surface area (Å²) in [5, 5.41) is 0. The Hall–Kier alpha value is -1.84. The number of ether oxygens (including phenoxy) is 2. The maximum Gasteiger partial charge on any atom is 0.306 e. The smallest absolute Gasteiger partial charge is 0.306 e. The van der Waals surface area contributed by atoms with Crippen LogP contribution in [0, 0.1) is 0 Å². The number of hydrogen-bond acceptors (Lipinski definition) is 4. The van der Waals surface area contributed by atoms with Gasteiger partial charge in [0.05, 0.1) is 5.56 Å². The predicted molar refractivity (Wildman–Crippen MR) is 79.5 cm³/mol. The summed E-state index contributed by atoms with van der Waals surface area (Å²) in [6, 6.07) is 7.04. The number of unbranched alkanes of at least 4 members (excludes halogenated alkanes) is 4. The van der Waals surface area contributed by atoms with E-state index in [4.69, 9.17) is 9.47 Å². The number of fused-ring (bicyclic) bond motifs is 1. The van der Waals surface area contributed by atoms with Crippen LogP contribution in [-0.2, 0) is 9.53 Å². The highest BCUT2D eigenvalue weighted by Gasteiger charge is 2.31. The normalized spacial score (nSPS) is 17.0. The molecule has 0 saturated carbocycles. The monoisotopic (exact) mass is 290 g/mol. The van der Waals surface area contributed by atoms with Gasteiger partial charge in [-0.1, -0.05) is 44.7 Å². The highest BCUT2D eigenvalue weighted by atomic mass is 16.6. The van der Waals surface area contributed by atoms with Gasteiger partial charge in [0.2, 0.25) is 5.78 Å². The molecule has 2 rings (SSSR count). The highest BCUT2D eigenvalue weighted by molar-refractivity contribution is 6.03. The zero-order chi connectivity index (χ0) is 15.1. The zero-order valence-electron chi connectivity index (χ0n) is 12.5. The van der Waals surface area contributed by atoms with Gasteiger partial charge in [0.1, 0.15) is 12.4 Å². The van der Waals surface area contributed by atoms with Crippen LogP contribution in [0.4, 0.5) is 0 Å². The molecule has 1 heterocycles. The summed E-state index contributed by atoms with van der Waals surface area (Å²) in [4.78, 5) is 24.0. The number of benzene rings is 1. The van der Waals surface area contributed by atoms with Crippen LogP contribution in [0.25, 0.3) is 0 Å². The Morgan fingerprint density at radius 3 is 2.81 bits per heavy atom. The van der Waals surface area contributed by atoms with Crippen LogP contribution in [0.15, 0.2) is 24.3 Å². The van der Waals surface area contributed by atoms with Crippen molar-refractivity contribution >= 4 is 11.8 Å². The largest absolute Gasteiger partial charge is 0.488 e. The predicted octanol–water partition coefficient (Wildman–Crippen LogP) is 3.53. The van der Waals surface area contributed by atoms with E-state index in [1.807, 2.05) is 6.07 Å². The number of carbonyl (C=O) groups is 2. The van der Waals surface area contributed by atoms with Gasteiger partial charge in [-0.25, -0.2) is 0 Å². The molecule has 0 spiro atoms. The second kappa shape index (κ2) is 7.81. The van der Waals surface area contributed by atoms with E-state index in [-0.39, 0.29) is 18.4 Å². The number of carbonyl (C=O) groups excluding carboxylic acids is 2. The quantitative estimate of drug-likeness (QED) is 0.569. The number of para-hydroxylation sites is 1. The third-order valence-electron chi connectivity index (χ3n) is 3.59. The average molecular weight is 290 g/mol. The second-order valence-electron chi connectivity index (χ2n) is 5.31. The topological polar surface area (TPSA) is 52.6 Å². The lowest BCUT2D eigenvalue weighted by molar-refractivity contribution is -0.148. The lowest BCUT2D eigenvalue weighted by atomic mass is 10.0. The van der Waals surface area contributed by atoms with Crippen molar-refractivity contribution in [2.75, 3.05) is 6.61 Å². The van der Waals surface area contributed by atoms with E-state index in [0.717, 1.165) is 19.3 Å². The Bertz CT molecular complexity index is 495. The van der Waals surface area contributed by atoms with Gasteiger partial charge in [-0.3, -0.25) is 9.59 Å². The number of rotatable bonds is 7. The van der Waals surface area contributed by atoms with Gasteiger partial charge in [-0.2, -0.15) is 0 Å². The van der Waals surface area contributed by atoms with Gasteiger partial charge in [-0.05, 0) is 18.6 Å². The van der Waals surface area contributed by atoms with Gasteiger partial charge >= 0.3 is 5.97 Å². The molecule has 0 saturated heterocycles. The third kappa shape index (κ3) is 4.31. The van der Waals surface area contributed by atoms with Crippen molar-refractivity contribution in [3.05, 3.63) is 29.8 Å². The molecule has 0 amide bonds. The summed E-state index contributed by atoms with van der Waals surface area (Å²) in [5.74, 6) is 0.0818. The molecule has 1 aromatic rings. The summed E-state index contributed by atoms with van der Waals surface area (Å²) in [5.41, 5.74) is 0.490. The van der Waals surface area contributed by atoms with Crippen molar-refractivity contribution in [2.24, 2.45) is 0 Å². The van der Waals surface area contributed by atoms with Gasteiger partial charge < -0.3 is 9.47 Å². The van der Waals surface area contributed by atoms with Gasteiger partial charge in [0, 0.05) is 6.42 Å². The van der Waals surface area contributed by atoms with Crippen molar-refractivity contribution < 1.29 is 19.1 Å². The van der Waals surface area contributed by atoms with E-state index in [2.05, 4.69) is 6.92 Å². The van der Waals surface area contributed by atoms with Crippen LogP contribution >= 0.6 is 0 Å². The molecule has 1 aromatic carbocycles. The molecular formula is C17H22O4. The Morgan fingerprint density at radius 1 is 1.24 bits per heavy atom. The summed E-state index contributed by atoms with van der Waals surface area (Å²) in [6.45, 7) is 2.26. The van der Waals surface area contributed by atoms with Crippen LogP contribution < -0.4 is 4.74 Å². The molecular weight excluding hydrogens is 268 g/mol. The van der Waals surface area contributed by atoms with Crippen molar-refractivity contribution in [3.8, 4) is 5.75 Å². The molecule has 4 heteroatoms. The first-order valence-electron chi connectivity index (χ1n) is 7.68. The highest BCUT2D eigenvalue weighted by Crippen LogP contribution is 2.25. The van der Waals surface area contributed by atoms with Crippen LogP contribution in [0.1, 0.15) is 55.8 Å². The first kappa shape index (κ1) is 15.5. The maximum atomic E-state index is 12.2. The lowest BCUT2D eigenvalue weighted by Gasteiger charge is -2.23. The molecule has 1 atom stereocenters. The van der Waals surface area contributed by atoms with Crippen molar-refractivity contribution in [3.63, 3.8) is 0 Å². The van der Waals surface area contributed by atoms with E-state index < -0.39 is 6.10 Å². The summed E-state index contributed by atoms with van der Waals surface area (Å²) in [6.07, 6.45) is 4.93. The van der Waals surface area contributed by atoms with Crippen LogP contribution in [-0.4, -0.2) is 24.5 Å². The molecule has 0 bridgehead atoms. The Kier molecular flexibility index (Phi) is 5.78. The van der Waals surface area contributed by atoms with Crippen molar-refractivity contribution in [2.45, 2.75) is 51.6 Å². The van der Waals surface area contributed by atoms with Crippen LogP contribution in [0.2, 0.25) is 0 Å². The molecule has 114 valence electrons. The minimum Gasteiger partial charge on any atom is -0.488 e. The molecule has 0 fully saturated rings. The summed E-state index contributed by atoms with van der Waals surface area (Å²) < 4.78 is 10.7. The zero-order valence-corrected chi connectivity index (χ0v) is 12.5. The third-order valence-corrected chi connectivity index (χ3v) is 3.59. The minimum absolute atomic E-state index is 0.109. The van der Waals surface area contributed by atoms with Crippen molar-refractivity contribution in [1.82, 2.24) is 0 Å². The lowest BCUT2D eigenvalue weighted by Crippen LogP contribution is -2.36. The molecule has 1 aliphatic heterocycles. The molecule has 1 aliphatic rings. The molecule has 0 radical (unpaired) electrons. The molecule has 0 aliphatic carbocycles. The number of ketones is 1. The van der Waals surface area contributed by atoms with Crippen LogP contribution in [0.3, 0.4) is 0 Å². The number of Topliss-reactive ketones (excluding diaryl/α,β-unsaturated/α-hetero) is 1. The number of hydrogen-bond donors (Lipinski definition) is 0. The Morgan fingerprint density at radius 2 is 2.00 bits per heavy atom. The van der Waals surface area contributed by atoms with Gasteiger partial charge in [-0.15, -0.1) is 0 Å². The fraction of sp³-hybridized carbons (Fsp3) is 0.529. The fourth-order valence-electron chi connectivity index (χ4n) is 2.39. The van der Waals surface area contributed by atoms with E-state index in [9.17, 15) is 9.59 Å². The molecule has 0 aromatic heterocycles. The van der Waals surface area contributed by atoms with E-state index in [0.29, 0.717) is 17.7 Å². The average Bonchev–Trinajstić information content (AvgIpc) is 2.50. The van der Waals surface area contributed by atoms with Gasteiger partial charge in [0.15, 0.2) is 6.10 Å². The van der Waals surface area contributed by atoms with Gasteiger partial charge in [0.25, 0.3) is 0 Å². The number of esters is 1. The summed E-state index contributed by atoms with van der Waals surface area (Å²) in [7, 11) is 0. The molecule has 21 heavy (non-hydrogen) atoms. The SMILES string of the molecule is CCCCCCCC(=O)OC1COc2ccccc2C1=O. The molecule has 1 unspecified atom stereocenters. The second-order valence-corrected chi connectivity index (χ2v) is 5.31. The maximum absolute atomic E-state index is 12.2. The van der Waals surface area contributed by atoms with E-state index in [1.165, 1.54) is 12.8 Å². The first-order valence-corrected chi connectivity index (χ1v) is 7.68. The van der Waals surface area contributed by atoms with E-state index >= 15 is 0 Å². The van der Waals surface area contributed by atoms with Crippen LogP contribution in [0.5, 0.6) is 5.75 Å². The standard InChI is InChI=1S/C17H22O4/c1-2-3-4-5-6-11-16(18)21-15-12-20-14-10-8-7-9-13(14)17(15)19/h7-10,15H,2-6,11-12H2,1H3. The first-order chi connectivity index (χ1) is 10.2.